The summed E-state index contributed by atoms with van der Waals surface area (Å²) in [6, 6.07) is 6.62. The summed E-state index contributed by atoms with van der Waals surface area (Å²) in [6.07, 6.45) is 0. The number of ether oxygens (including phenoxy) is 1. The number of hydrogen-bond acceptors (Lipinski definition) is 6. The highest BCUT2D eigenvalue weighted by atomic mass is 32.2. The van der Waals surface area contributed by atoms with E-state index in [-0.39, 0.29) is 5.92 Å². The summed E-state index contributed by atoms with van der Waals surface area (Å²) in [7, 11) is 0. The molecule has 1 aliphatic rings. The Morgan fingerprint density at radius 2 is 1.80 bits per heavy atom. The molecule has 0 aliphatic carbocycles. The van der Waals surface area contributed by atoms with Crippen LogP contribution in [0.2, 0.25) is 0 Å². The molecule has 1 saturated heterocycles. The fourth-order valence-corrected chi connectivity index (χ4v) is 4.90. The van der Waals surface area contributed by atoms with Gasteiger partial charge >= 0.3 is 12.0 Å². The van der Waals surface area contributed by atoms with Crippen LogP contribution in [-0.2, 0) is 9.53 Å². The fraction of sp³-hybridized carbons (Fsp3) is 0.471. The molecule has 1 fully saturated rings. The largest absolute Gasteiger partial charge is 0.452 e. The zero-order chi connectivity index (χ0) is 18.2. The van der Waals surface area contributed by atoms with Crippen LogP contribution in [0.25, 0.3) is 0 Å². The van der Waals surface area contributed by atoms with Crippen molar-refractivity contribution in [2.24, 2.45) is 5.92 Å². The Hall–Kier alpha value is -1.67. The molecule has 1 aromatic carbocycles. The minimum atomic E-state index is -0.662. The first-order chi connectivity index (χ1) is 12.0. The number of nitrogens with one attached hydrogen (secondary N) is 2. The van der Waals surface area contributed by atoms with Crippen LogP contribution in [0, 0.1) is 5.92 Å². The lowest BCUT2D eigenvalue weighted by atomic mass is 10.1. The van der Waals surface area contributed by atoms with Gasteiger partial charge in [-0.05, 0) is 23.6 Å². The molecule has 8 heteroatoms. The number of benzene rings is 1. The molecular weight excluding hydrogens is 360 g/mol. The lowest BCUT2D eigenvalue weighted by molar-refractivity contribution is -0.123. The highest BCUT2D eigenvalue weighted by Gasteiger charge is 2.19. The zero-order valence-corrected chi connectivity index (χ0v) is 15.9. The minimum absolute atomic E-state index is 0.280. The lowest BCUT2D eigenvalue weighted by Gasteiger charge is -2.10. The standard InChI is InChI=1S/C17H22N2O4S2/c1-11(2)9-18-17(22)19-14(20)10-23-15(21)12-3-5-13(6-4-12)16-24-7-8-25-16/h3-6,11,16H,7-10H2,1-2H3,(H2,18,19,20,22). The summed E-state index contributed by atoms with van der Waals surface area (Å²) in [4.78, 5) is 35.0. The van der Waals surface area contributed by atoms with Crippen LogP contribution in [0.4, 0.5) is 4.79 Å². The maximum absolute atomic E-state index is 12.0. The van der Waals surface area contributed by atoms with Crippen LogP contribution >= 0.6 is 23.5 Å². The number of imide groups is 1. The number of thioether (sulfide) groups is 2. The first-order valence-electron chi connectivity index (χ1n) is 8.03. The molecule has 1 aliphatic heterocycles. The predicted molar refractivity (Wildman–Crippen MR) is 101 cm³/mol. The quantitative estimate of drug-likeness (QED) is 0.736. The molecule has 6 nitrogen and oxygen atoms in total. The van der Waals surface area contributed by atoms with Crippen LogP contribution < -0.4 is 10.6 Å². The first-order valence-corrected chi connectivity index (χ1v) is 10.1. The lowest BCUT2D eigenvalue weighted by Crippen LogP contribution is -2.42. The van der Waals surface area contributed by atoms with Crippen LogP contribution in [-0.4, -0.2) is 42.6 Å². The Balaban J connectivity index is 1.75. The van der Waals surface area contributed by atoms with E-state index in [1.54, 1.807) is 12.1 Å². The van der Waals surface area contributed by atoms with Gasteiger partial charge in [-0.25, -0.2) is 9.59 Å². The van der Waals surface area contributed by atoms with Crippen molar-refractivity contribution in [3.05, 3.63) is 35.4 Å². The average molecular weight is 383 g/mol. The van der Waals surface area contributed by atoms with Gasteiger partial charge in [0.05, 0.1) is 10.1 Å². The molecule has 25 heavy (non-hydrogen) atoms. The van der Waals surface area contributed by atoms with Crippen LogP contribution in [0.3, 0.4) is 0 Å². The number of rotatable bonds is 6. The minimum Gasteiger partial charge on any atom is -0.452 e. The molecular formula is C17H22N2O4S2. The molecule has 0 radical (unpaired) electrons. The van der Waals surface area contributed by atoms with Crippen molar-refractivity contribution in [3.8, 4) is 0 Å². The number of carbonyl (C=O) groups excluding carboxylic acids is 3. The van der Waals surface area contributed by atoms with Gasteiger partial charge in [-0.2, -0.15) is 0 Å². The summed E-state index contributed by atoms with van der Waals surface area (Å²) in [5.41, 5.74) is 1.55. The SMILES string of the molecule is CC(C)CNC(=O)NC(=O)COC(=O)c1ccc(C2SCCS2)cc1. The van der Waals surface area contributed by atoms with Crippen LogP contribution in [0.5, 0.6) is 0 Å². The van der Waals surface area contributed by atoms with Crippen molar-refractivity contribution in [1.82, 2.24) is 10.6 Å². The van der Waals surface area contributed by atoms with E-state index in [1.807, 2.05) is 49.5 Å². The van der Waals surface area contributed by atoms with Crippen molar-refractivity contribution in [2.45, 2.75) is 18.4 Å². The van der Waals surface area contributed by atoms with Crippen LogP contribution in [0.15, 0.2) is 24.3 Å². The second-order valence-corrected chi connectivity index (χ2v) is 8.65. The van der Waals surface area contributed by atoms with E-state index >= 15 is 0 Å². The van der Waals surface area contributed by atoms with Gasteiger partial charge in [-0.3, -0.25) is 10.1 Å². The second-order valence-electron chi connectivity index (χ2n) is 5.92. The zero-order valence-electron chi connectivity index (χ0n) is 14.2. The number of carbonyl (C=O) groups is 3. The van der Waals surface area contributed by atoms with Crippen LogP contribution in [0.1, 0.15) is 34.4 Å². The van der Waals surface area contributed by atoms with Crippen molar-refractivity contribution >= 4 is 41.4 Å². The Labute approximate surface area is 155 Å². The van der Waals surface area contributed by atoms with E-state index in [0.717, 1.165) is 11.5 Å². The van der Waals surface area contributed by atoms with Gasteiger partial charge < -0.3 is 10.1 Å². The van der Waals surface area contributed by atoms with Gasteiger partial charge in [0.15, 0.2) is 6.61 Å². The third-order valence-corrected chi connectivity index (χ3v) is 6.40. The molecule has 0 aromatic heterocycles. The molecule has 0 spiro atoms. The third-order valence-electron chi connectivity index (χ3n) is 3.30. The van der Waals surface area contributed by atoms with Gasteiger partial charge in [-0.1, -0.05) is 26.0 Å². The smallest absolute Gasteiger partial charge is 0.338 e. The normalized spacial score (nSPS) is 14.4. The second kappa shape index (κ2) is 9.72. The Morgan fingerprint density at radius 1 is 1.16 bits per heavy atom. The van der Waals surface area contributed by atoms with E-state index in [4.69, 9.17) is 4.74 Å². The van der Waals surface area contributed by atoms with Crippen molar-refractivity contribution in [2.75, 3.05) is 24.7 Å². The van der Waals surface area contributed by atoms with E-state index in [2.05, 4.69) is 10.6 Å². The summed E-state index contributed by atoms with van der Waals surface area (Å²) >= 11 is 3.78. The van der Waals surface area contributed by atoms with E-state index in [0.29, 0.717) is 16.7 Å². The molecule has 0 bridgehead atoms. The molecule has 0 atom stereocenters. The number of esters is 1. The Kier molecular flexibility index (Phi) is 7.64. The molecule has 0 saturated carbocycles. The Morgan fingerprint density at radius 3 is 2.40 bits per heavy atom. The topological polar surface area (TPSA) is 84.5 Å². The van der Waals surface area contributed by atoms with Gasteiger partial charge in [0, 0.05) is 18.1 Å². The molecule has 2 rings (SSSR count). The number of amides is 3. The fourth-order valence-electron chi connectivity index (χ4n) is 2.05. The summed E-state index contributed by atoms with van der Waals surface area (Å²) < 4.78 is 5.36. The molecule has 136 valence electrons. The summed E-state index contributed by atoms with van der Waals surface area (Å²) in [5.74, 6) is 1.31. The maximum atomic E-state index is 12.0. The van der Waals surface area contributed by atoms with Gasteiger partial charge in [-0.15, -0.1) is 23.5 Å². The molecule has 0 unspecified atom stereocenters. The van der Waals surface area contributed by atoms with E-state index in [9.17, 15) is 14.4 Å². The highest BCUT2D eigenvalue weighted by Crippen LogP contribution is 2.45. The maximum Gasteiger partial charge on any atom is 0.338 e. The summed E-state index contributed by atoms with van der Waals surface area (Å²) in [6.45, 7) is 3.85. The van der Waals surface area contributed by atoms with Crippen molar-refractivity contribution < 1.29 is 19.1 Å². The Bertz CT molecular complexity index is 614. The monoisotopic (exact) mass is 382 g/mol. The number of hydrogen-bond donors (Lipinski definition) is 2. The first kappa shape index (κ1) is 19.7. The van der Waals surface area contributed by atoms with E-state index in [1.165, 1.54) is 5.56 Å². The summed E-state index contributed by atoms with van der Waals surface area (Å²) in [5, 5.41) is 4.67. The van der Waals surface area contributed by atoms with Gasteiger partial charge in [0.2, 0.25) is 0 Å². The number of urea groups is 1. The average Bonchev–Trinajstić information content (AvgIpc) is 3.12. The predicted octanol–water partition coefficient (Wildman–Crippen LogP) is 2.80. The van der Waals surface area contributed by atoms with Crippen molar-refractivity contribution in [3.63, 3.8) is 0 Å². The molecule has 3 amide bonds. The highest BCUT2D eigenvalue weighted by molar-refractivity contribution is 8.19. The molecule has 1 aromatic rings. The van der Waals surface area contributed by atoms with E-state index < -0.39 is 24.5 Å². The molecule has 1 heterocycles. The van der Waals surface area contributed by atoms with Gasteiger partial charge in [0.1, 0.15) is 0 Å². The van der Waals surface area contributed by atoms with Gasteiger partial charge in [0.25, 0.3) is 5.91 Å². The van der Waals surface area contributed by atoms with Crippen molar-refractivity contribution in [1.29, 1.82) is 0 Å². The third kappa shape index (κ3) is 6.62. The molecule has 2 N–H and O–H groups in total.